The first kappa shape index (κ1) is 15.5. The monoisotopic (exact) mass is 286 g/mol. The van der Waals surface area contributed by atoms with Gasteiger partial charge in [-0.15, -0.1) is 0 Å². The molecule has 1 N–H and O–H groups in total. The van der Waals surface area contributed by atoms with E-state index in [1.54, 1.807) is 18.2 Å². The summed E-state index contributed by atoms with van der Waals surface area (Å²) >= 11 is 0. The highest BCUT2D eigenvalue weighted by Crippen LogP contribution is 2.25. The third kappa shape index (κ3) is 3.96. The second kappa shape index (κ2) is 6.56. The Bertz CT molecular complexity index is 470. The molecule has 0 aromatic heterocycles. The number of carboxylic acids is 1. The molecule has 19 heavy (non-hydrogen) atoms. The fourth-order valence-corrected chi connectivity index (χ4v) is 2.26. The Labute approximate surface area is 115 Å². The van der Waals surface area contributed by atoms with E-state index in [0.29, 0.717) is 11.5 Å². The summed E-state index contributed by atoms with van der Waals surface area (Å²) in [6.45, 7) is 3.05. The zero-order valence-electron chi connectivity index (χ0n) is 11.2. The van der Waals surface area contributed by atoms with Crippen LogP contribution in [0.5, 0.6) is 11.5 Å². The molecule has 1 aromatic carbocycles. The van der Waals surface area contributed by atoms with Crippen molar-refractivity contribution in [1.82, 2.24) is 0 Å². The van der Waals surface area contributed by atoms with Crippen LogP contribution in [0.1, 0.15) is 13.8 Å². The molecule has 0 amide bonds. The molecule has 0 radical (unpaired) electrons. The quantitative estimate of drug-likeness (QED) is 0.825. The summed E-state index contributed by atoms with van der Waals surface area (Å²) in [4.78, 5) is 10.9. The number of ether oxygens (including phenoxy) is 2. The molecule has 1 rings (SSSR count). The van der Waals surface area contributed by atoms with Gasteiger partial charge < -0.3 is 14.6 Å². The Kier molecular flexibility index (Phi) is 5.35. The summed E-state index contributed by atoms with van der Waals surface area (Å²) in [5.41, 5.74) is 0. The highest BCUT2D eigenvalue weighted by Gasteiger charge is 2.34. The number of rotatable bonds is 7. The number of aliphatic carboxylic acids is 1. The standard InChI is InChI=1S/C13H18O5S/c1-13(2,12(14)15)19(16)9-8-18-11-7-5-4-6-10(11)17-3/h4-7H,8-9H2,1-3H3,(H,14,15). The lowest BCUT2D eigenvalue weighted by Gasteiger charge is -2.18. The number of benzene rings is 1. The van der Waals surface area contributed by atoms with Gasteiger partial charge >= 0.3 is 5.97 Å². The first-order chi connectivity index (χ1) is 8.89. The first-order valence-corrected chi connectivity index (χ1v) is 7.09. The number of methoxy groups -OCH3 is 1. The highest BCUT2D eigenvalue weighted by atomic mass is 32.2. The number of carbonyl (C=O) groups is 1. The summed E-state index contributed by atoms with van der Waals surface area (Å²) in [5.74, 6) is 0.209. The van der Waals surface area contributed by atoms with Gasteiger partial charge in [0, 0.05) is 10.8 Å². The van der Waals surface area contributed by atoms with Crippen LogP contribution in [-0.2, 0) is 15.6 Å². The van der Waals surface area contributed by atoms with Crippen molar-refractivity contribution in [3.8, 4) is 11.5 Å². The van der Waals surface area contributed by atoms with E-state index in [1.807, 2.05) is 6.07 Å². The van der Waals surface area contributed by atoms with Gasteiger partial charge in [-0.05, 0) is 26.0 Å². The van der Waals surface area contributed by atoms with Crippen molar-refractivity contribution in [2.24, 2.45) is 0 Å². The number of hydrogen-bond acceptors (Lipinski definition) is 4. The van der Waals surface area contributed by atoms with Gasteiger partial charge in [0.1, 0.15) is 4.75 Å². The lowest BCUT2D eigenvalue weighted by molar-refractivity contribution is -0.139. The minimum absolute atomic E-state index is 0.150. The van der Waals surface area contributed by atoms with Crippen molar-refractivity contribution in [2.75, 3.05) is 19.5 Å². The van der Waals surface area contributed by atoms with E-state index in [0.717, 1.165) is 0 Å². The number of hydrogen-bond donors (Lipinski definition) is 1. The van der Waals surface area contributed by atoms with Gasteiger partial charge in [-0.2, -0.15) is 0 Å². The van der Waals surface area contributed by atoms with Gasteiger partial charge in [-0.3, -0.25) is 9.00 Å². The molecule has 6 heteroatoms. The second-order valence-corrected chi connectivity index (χ2v) is 6.48. The lowest BCUT2D eigenvalue weighted by atomic mass is 10.2. The smallest absolute Gasteiger partial charge is 0.321 e. The van der Waals surface area contributed by atoms with Gasteiger partial charge in [0.05, 0.1) is 19.5 Å². The molecule has 0 aliphatic heterocycles. The minimum Gasteiger partial charge on any atom is -0.493 e. The second-order valence-electron chi connectivity index (χ2n) is 4.36. The molecular weight excluding hydrogens is 268 g/mol. The molecular formula is C13H18O5S. The molecule has 106 valence electrons. The largest absolute Gasteiger partial charge is 0.493 e. The highest BCUT2D eigenvalue weighted by molar-refractivity contribution is 7.87. The zero-order chi connectivity index (χ0) is 14.5. The van der Waals surface area contributed by atoms with Gasteiger partial charge in [0.15, 0.2) is 11.5 Å². The summed E-state index contributed by atoms with van der Waals surface area (Å²) in [7, 11) is 0.0276. The van der Waals surface area contributed by atoms with Crippen LogP contribution in [0.4, 0.5) is 0 Å². The maximum atomic E-state index is 11.9. The van der Waals surface area contributed by atoms with E-state index in [2.05, 4.69) is 0 Å². The van der Waals surface area contributed by atoms with Crippen LogP contribution in [0, 0.1) is 0 Å². The topological polar surface area (TPSA) is 72.8 Å². The van der Waals surface area contributed by atoms with Crippen LogP contribution in [0.15, 0.2) is 24.3 Å². The predicted molar refractivity (Wildman–Crippen MR) is 73.2 cm³/mol. The molecule has 0 heterocycles. The summed E-state index contributed by atoms with van der Waals surface area (Å²) in [6, 6.07) is 7.12. The van der Waals surface area contributed by atoms with Crippen molar-refractivity contribution < 1.29 is 23.6 Å². The summed E-state index contributed by atoms with van der Waals surface area (Å²) in [5, 5.41) is 8.96. The Morgan fingerprint density at radius 2 is 1.89 bits per heavy atom. The average Bonchev–Trinajstić information content (AvgIpc) is 2.38. The van der Waals surface area contributed by atoms with E-state index in [9.17, 15) is 9.00 Å². The fraction of sp³-hybridized carbons (Fsp3) is 0.462. The molecule has 1 aromatic rings. The maximum absolute atomic E-state index is 11.9. The SMILES string of the molecule is COc1ccccc1OCCS(=O)C(C)(C)C(=O)O. The van der Waals surface area contributed by atoms with Gasteiger partial charge in [0.2, 0.25) is 0 Å². The molecule has 1 unspecified atom stereocenters. The van der Waals surface area contributed by atoms with Crippen molar-refractivity contribution in [3.05, 3.63) is 24.3 Å². The number of para-hydroxylation sites is 2. The summed E-state index contributed by atoms with van der Waals surface area (Å²) < 4.78 is 21.2. The van der Waals surface area contributed by atoms with Gasteiger partial charge in [-0.1, -0.05) is 12.1 Å². The van der Waals surface area contributed by atoms with E-state index in [-0.39, 0.29) is 12.4 Å². The first-order valence-electron chi connectivity index (χ1n) is 5.77. The van der Waals surface area contributed by atoms with Crippen LogP contribution in [0.3, 0.4) is 0 Å². The van der Waals surface area contributed by atoms with Crippen molar-refractivity contribution in [1.29, 1.82) is 0 Å². The van der Waals surface area contributed by atoms with Crippen LogP contribution in [-0.4, -0.2) is 39.5 Å². The van der Waals surface area contributed by atoms with E-state index in [4.69, 9.17) is 14.6 Å². The Balaban J connectivity index is 2.55. The van der Waals surface area contributed by atoms with Crippen molar-refractivity contribution >= 4 is 16.8 Å². The van der Waals surface area contributed by atoms with Gasteiger partial charge in [0.25, 0.3) is 0 Å². The third-order valence-electron chi connectivity index (χ3n) is 2.68. The van der Waals surface area contributed by atoms with Gasteiger partial charge in [-0.25, -0.2) is 0 Å². The van der Waals surface area contributed by atoms with Crippen molar-refractivity contribution in [2.45, 2.75) is 18.6 Å². The van der Waals surface area contributed by atoms with Crippen LogP contribution < -0.4 is 9.47 Å². The Hall–Kier alpha value is -1.56. The molecule has 0 aliphatic carbocycles. The van der Waals surface area contributed by atoms with Crippen LogP contribution in [0.2, 0.25) is 0 Å². The fourth-order valence-electron chi connectivity index (χ4n) is 1.32. The third-order valence-corrected chi connectivity index (χ3v) is 4.53. The average molecular weight is 286 g/mol. The molecule has 0 saturated carbocycles. The molecule has 0 aliphatic rings. The normalized spacial score (nSPS) is 12.8. The Morgan fingerprint density at radius 1 is 1.32 bits per heavy atom. The molecule has 0 fully saturated rings. The lowest BCUT2D eigenvalue weighted by Crippen LogP contribution is -2.38. The predicted octanol–water partition coefficient (Wildman–Crippen LogP) is 1.69. The summed E-state index contributed by atoms with van der Waals surface area (Å²) in [6.07, 6.45) is 0. The maximum Gasteiger partial charge on any atom is 0.321 e. The zero-order valence-corrected chi connectivity index (χ0v) is 12.0. The van der Waals surface area contributed by atoms with Crippen LogP contribution in [0.25, 0.3) is 0 Å². The van der Waals surface area contributed by atoms with Crippen molar-refractivity contribution in [3.63, 3.8) is 0 Å². The Morgan fingerprint density at radius 3 is 2.42 bits per heavy atom. The van der Waals surface area contributed by atoms with Crippen LogP contribution >= 0.6 is 0 Å². The van der Waals surface area contributed by atoms with E-state index >= 15 is 0 Å². The molecule has 0 saturated heterocycles. The molecule has 0 bridgehead atoms. The van der Waals surface area contributed by atoms with E-state index in [1.165, 1.54) is 21.0 Å². The molecule has 0 spiro atoms. The molecule has 5 nitrogen and oxygen atoms in total. The minimum atomic E-state index is -1.51. The molecule has 1 atom stereocenters. The van der Waals surface area contributed by atoms with E-state index < -0.39 is 21.5 Å². The number of carboxylic acid groups (broad SMARTS) is 1.